The largest absolute Gasteiger partial charge is 0.380 e. The summed E-state index contributed by atoms with van der Waals surface area (Å²) in [6.45, 7) is 3.47. The topological polar surface area (TPSA) is 38.5 Å². The molecule has 2 N–H and O–H groups in total. The summed E-state index contributed by atoms with van der Waals surface area (Å²) in [4.78, 5) is 2.30. The molecule has 0 aromatic heterocycles. The summed E-state index contributed by atoms with van der Waals surface area (Å²) in [5.41, 5.74) is 6.42. The van der Waals surface area contributed by atoms with Crippen LogP contribution in [0.4, 0.5) is 0 Å². The van der Waals surface area contributed by atoms with Gasteiger partial charge in [-0.3, -0.25) is 0 Å². The van der Waals surface area contributed by atoms with Crippen LogP contribution in [0.1, 0.15) is 32.6 Å². The van der Waals surface area contributed by atoms with E-state index in [4.69, 9.17) is 10.5 Å². The fraction of sp³-hybridized carbons (Fsp3) is 1.00. The van der Waals surface area contributed by atoms with Crippen molar-refractivity contribution >= 4 is 0 Å². The molecule has 0 radical (unpaired) electrons. The number of ether oxygens (including phenoxy) is 1. The lowest BCUT2D eigenvalue weighted by Crippen LogP contribution is -2.57. The number of rotatable bonds is 5. The highest BCUT2D eigenvalue weighted by molar-refractivity contribution is 5.00. The van der Waals surface area contributed by atoms with Crippen molar-refractivity contribution < 1.29 is 4.74 Å². The van der Waals surface area contributed by atoms with Crippen LogP contribution < -0.4 is 5.73 Å². The van der Waals surface area contributed by atoms with Gasteiger partial charge in [0.1, 0.15) is 0 Å². The first-order valence-corrected chi connectivity index (χ1v) is 5.64. The maximum absolute atomic E-state index is 6.23. The van der Waals surface area contributed by atoms with Gasteiger partial charge < -0.3 is 15.4 Å². The predicted octanol–water partition coefficient (Wildman–Crippen LogP) is 1.22. The third-order valence-corrected chi connectivity index (χ3v) is 3.55. The molecule has 1 aliphatic rings. The van der Waals surface area contributed by atoms with E-state index >= 15 is 0 Å². The van der Waals surface area contributed by atoms with E-state index in [1.165, 1.54) is 25.7 Å². The summed E-state index contributed by atoms with van der Waals surface area (Å²) in [6, 6.07) is 0.153. The SMILES string of the molecule is CCOCC(N)C1(N(C)C)CCCC1. The average Bonchev–Trinajstić information content (AvgIpc) is 2.63. The summed E-state index contributed by atoms with van der Waals surface area (Å²) in [5, 5.41) is 0. The van der Waals surface area contributed by atoms with Gasteiger partial charge in [0.15, 0.2) is 0 Å². The smallest absolute Gasteiger partial charge is 0.0635 e. The van der Waals surface area contributed by atoms with E-state index in [9.17, 15) is 0 Å². The summed E-state index contributed by atoms with van der Waals surface area (Å²) < 4.78 is 5.43. The van der Waals surface area contributed by atoms with Crippen LogP contribution in [0.5, 0.6) is 0 Å². The van der Waals surface area contributed by atoms with Gasteiger partial charge in [-0.25, -0.2) is 0 Å². The van der Waals surface area contributed by atoms with Crippen LogP contribution in [-0.4, -0.2) is 43.8 Å². The molecule has 0 aromatic rings. The van der Waals surface area contributed by atoms with Crippen molar-refractivity contribution in [3.05, 3.63) is 0 Å². The average molecular weight is 200 g/mol. The number of likely N-dealkylation sites (N-methyl/N-ethyl adjacent to an activating group) is 1. The second kappa shape index (κ2) is 5.10. The van der Waals surface area contributed by atoms with Crippen molar-refractivity contribution in [3.8, 4) is 0 Å². The van der Waals surface area contributed by atoms with Crippen LogP contribution in [0.3, 0.4) is 0 Å². The molecule has 1 unspecified atom stereocenters. The first-order valence-electron chi connectivity index (χ1n) is 5.64. The van der Waals surface area contributed by atoms with Gasteiger partial charge in [-0.2, -0.15) is 0 Å². The summed E-state index contributed by atoms with van der Waals surface area (Å²) in [6.07, 6.45) is 5.04. The number of nitrogens with two attached hydrogens (primary N) is 1. The fourth-order valence-corrected chi connectivity index (χ4v) is 2.54. The molecule has 1 rings (SSSR count). The predicted molar refractivity (Wildman–Crippen MR) is 59.4 cm³/mol. The van der Waals surface area contributed by atoms with Gasteiger partial charge in [-0.05, 0) is 33.9 Å². The molecule has 0 saturated heterocycles. The number of hydrogen-bond donors (Lipinski definition) is 1. The van der Waals surface area contributed by atoms with Crippen molar-refractivity contribution in [1.29, 1.82) is 0 Å². The fourth-order valence-electron chi connectivity index (χ4n) is 2.54. The Morgan fingerprint density at radius 3 is 2.36 bits per heavy atom. The summed E-state index contributed by atoms with van der Waals surface area (Å²) in [7, 11) is 4.27. The number of hydrogen-bond acceptors (Lipinski definition) is 3. The molecule has 0 aromatic carbocycles. The van der Waals surface area contributed by atoms with E-state index < -0.39 is 0 Å². The Balaban J connectivity index is 2.57. The van der Waals surface area contributed by atoms with Crippen LogP contribution in [0.15, 0.2) is 0 Å². The molecule has 3 nitrogen and oxygen atoms in total. The minimum absolute atomic E-state index is 0.153. The molecule has 3 heteroatoms. The molecule has 0 aliphatic heterocycles. The van der Waals surface area contributed by atoms with Crippen LogP contribution in [-0.2, 0) is 4.74 Å². The molecule has 84 valence electrons. The molecular formula is C11H24N2O. The van der Waals surface area contributed by atoms with E-state index in [0.717, 1.165) is 6.61 Å². The lowest BCUT2D eigenvalue weighted by Gasteiger charge is -2.41. The Hall–Kier alpha value is -0.120. The lowest BCUT2D eigenvalue weighted by molar-refractivity contribution is 0.0529. The highest BCUT2D eigenvalue weighted by Gasteiger charge is 2.41. The maximum Gasteiger partial charge on any atom is 0.0635 e. The second-order valence-electron chi connectivity index (χ2n) is 4.47. The van der Waals surface area contributed by atoms with Crippen molar-refractivity contribution in [2.75, 3.05) is 27.3 Å². The van der Waals surface area contributed by atoms with Gasteiger partial charge in [0.2, 0.25) is 0 Å². The molecule has 0 spiro atoms. The van der Waals surface area contributed by atoms with Gasteiger partial charge in [-0.1, -0.05) is 12.8 Å². The minimum atomic E-state index is 0.153. The Labute approximate surface area is 87.6 Å². The van der Waals surface area contributed by atoms with Crippen molar-refractivity contribution in [2.45, 2.75) is 44.2 Å². The molecule has 1 aliphatic carbocycles. The minimum Gasteiger partial charge on any atom is -0.380 e. The molecule has 1 atom stereocenters. The van der Waals surface area contributed by atoms with Crippen molar-refractivity contribution in [2.24, 2.45) is 5.73 Å². The Kier molecular flexibility index (Phi) is 4.35. The zero-order chi connectivity index (χ0) is 10.6. The van der Waals surface area contributed by atoms with Crippen LogP contribution in [0.2, 0.25) is 0 Å². The van der Waals surface area contributed by atoms with Crippen LogP contribution in [0.25, 0.3) is 0 Å². The standard InChI is InChI=1S/C11H24N2O/c1-4-14-9-10(12)11(13(2)3)7-5-6-8-11/h10H,4-9,12H2,1-3H3. The molecule has 14 heavy (non-hydrogen) atoms. The Bertz CT molecular complexity index is 165. The van der Waals surface area contributed by atoms with Crippen LogP contribution >= 0.6 is 0 Å². The van der Waals surface area contributed by atoms with E-state index in [1.807, 2.05) is 6.92 Å². The summed E-state index contributed by atoms with van der Waals surface area (Å²) in [5.74, 6) is 0. The van der Waals surface area contributed by atoms with E-state index in [0.29, 0.717) is 6.61 Å². The normalized spacial score (nSPS) is 22.9. The molecule has 0 bridgehead atoms. The zero-order valence-corrected chi connectivity index (χ0v) is 9.75. The zero-order valence-electron chi connectivity index (χ0n) is 9.75. The third-order valence-electron chi connectivity index (χ3n) is 3.55. The third kappa shape index (κ3) is 2.27. The maximum atomic E-state index is 6.23. The van der Waals surface area contributed by atoms with Gasteiger partial charge in [0.25, 0.3) is 0 Å². The van der Waals surface area contributed by atoms with Gasteiger partial charge in [-0.15, -0.1) is 0 Å². The van der Waals surface area contributed by atoms with E-state index in [2.05, 4.69) is 19.0 Å². The van der Waals surface area contributed by atoms with Gasteiger partial charge in [0.05, 0.1) is 6.61 Å². The number of nitrogens with zero attached hydrogens (tertiary/aromatic N) is 1. The quantitative estimate of drug-likeness (QED) is 0.725. The first kappa shape index (κ1) is 12.0. The summed E-state index contributed by atoms with van der Waals surface area (Å²) >= 11 is 0. The lowest BCUT2D eigenvalue weighted by atomic mass is 9.88. The Morgan fingerprint density at radius 2 is 1.93 bits per heavy atom. The Morgan fingerprint density at radius 1 is 1.36 bits per heavy atom. The van der Waals surface area contributed by atoms with Crippen molar-refractivity contribution in [1.82, 2.24) is 4.90 Å². The highest BCUT2D eigenvalue weighted by Crippen LogP contribution is 2.35. The molecule has 0 amide bonds. The van der Waals surface area contributed by atoms with Crippen LogP contribution in [0, 0.1) is 0 Å². The van der Waals surface area contributed by atoms with Crippen molar-refractivity contribution in [3.63, 3.8) is 0 Å². The second-order valence-corrected chi connectivity index (χ2v) is 4.47. The molecule has 1 saturated carbocycles. The van der Waals surface area contributed by atoms with E-state index in [-0.39, 0.29) is 11.6 Å². The van der Waals surface area contributed by atoms with Gasteiger partial charge in [0, 0.05) is 18.2 Å². The van der Waals surface area contributed by atoms with Gasteiger partial charge >= 0.3 is 0 Å². The molecular weight excluding hydrogens is 176 g/mol. The molecule has 1 fully saturated rings. The highest BCUT2D eigenvalue weighted by atomic mass is 16.5. The van der Waals surface area contributed by atoms with E-state index in [1.54, 1.807) is 0 Å². The monoisotopic (exact) mass is 200 g/mol. The first-order chi connectivity index (χ1) is 6.63. The molecule has 0 heterocycles.